The molecule has 0 bridgehead atoms. The number of hydrogen-bond donors (Lipinski definition) is 2. The Morgan fingerprint density at radius 2 is 1.88 bits per heavy atom. The van der Waals surface area contributed by atoms with Crippen LogP contribution in [0.1, 0.15) is 34.3 Å². The molecule has 132 valence electrons. The van der Waals surface area contributed by atoms with Gasteiger partial charge in [0.05, 0.1) is 11.7 Å². The third-order valence-electron chi connectivity index (χ3n) is 4.41. The van der Waals surface area contributed by atoms with Crippen LogP contribution in [0.25, 0.3) is 0 Å². The summed E-state index contributed by atoms with van der Waals surface area (Å²) in [6.07, 6.45) is 4.78. The van der Waals surface area contributed by atoms with Crippen molar-refractivity contribution in [1.29, 1.82) is 0 Å². The lowest BCUT2D eigenvalue weighted by molar-refractivity contribution is 0.0792. The molecule has 2 heterocycles. The number of aromatic nitrogens is 1. The van der Waals surface area contributed by atoms with Crippen LogP contribution in [0.3, 0.4) is 0 Å². The SMILES string of the molecule is O=C(NCc1ccc(CN2CCC(O)CC2)cc1)c1cncc(Br)c1. The van der Waals surface area contributed by atoms with Gasteiger partial charge in [0, 0.05) is 43.0 Å². The Balaban J connectivity index is 1.50. The van der Waals surface area contributed by atoms with Crippen molar-refractivity contribution in [2.24, 2.45) is 0 Å². The molecule has 2 aromatic rings. The van der Waals surface area contributed by atoms with Gasteiger partial charge in [0.15, 0.2) is 0 Å². The van der Waals surface area contributed by atoms with Crippen molar-refractivity contribution in [3.63, 3.8) is 0 Å². The number of rotatable bonds is 5. The van der Waals surface area contributed by atoms with Gasteiger partial charge in [0.1, 0.15) is 0 Å². The highest BCUT2D eigenvalue weighted by atomic mass is 79.9. The van der Waals surface area contributed by atoms with E-state index in [0.29, 0.717) is 12.1 Å². The summed E-state index contributed by atoms with van der Waals surface area (Å²) in [6, 6.07) is 10.1. The number of carbonyl (C=O) groups excluding carboxylic acids is 1. The molecule has 1 fully saturated rings. The van der Waals surface area contributed by atoms with Crippen LogP contribution >= 0.6 is 15.9 Å². The van der Waals surface area contributed by atoms with Gasteiger partial charge in [0.25, 0.3) is 5.91 Å². The number of aliphatic hydroxyl groups is 1. The van der Waals surface area contributed by atoms with Crippen LogP contribution in [-0.2, 0) is 13.1 Å². The van der Waals surface area contributed by atoms with Crippen LogP contribution in [-0.4, -0.2) is 40.1 Å². The van der Waals surface area contributed by atoms with Crippen molar-refractivity contribution < 1.29 is 9.90 Å². The fourth-order valence-corrected chi connectivity index (χ4v) is 3.28. The number of piperidine rings is 1. The van der Waals surface area contributed by atoms with Crippen molar-refractivity contribution in [1.82, 2.24) is 15.2 Å². The van der Waals surface area contributed by atoms with Gasteiger partial charge >= 0.3 is 0 Å². The van der Waals surface area contributed by atoms with E-state index in [1.54, 1.807) is 18.5 Å². The first-order valence-corrected chi connectivity index (χ1v) is 9.26. The Kier molecular flexibility index (Phi) is 6.18. The molecule has 6 heteroatoms. The molecule has 0 aliphatic carbocycles. The highest BCUT2D eigenvalue weighted by Crippen LogP contribution is 2.14. The van der Waals surface area contributed by atoms with Crippen molar-refractivity contribution >= 4 is 21.8 Å². The molecule has 1 amide bonds. The van der Waals surface area contributed by atoms with Gasteiger partial charge in [-0.2, -0.15) is 0 Å². The highest BCUT2D eigenvalue weighted by Gasteiger charge is 2.16. The lowest BCUT2D eigenvalue weighted by Crippen LogP contribution is -2.35. The minimum absolute atomic E-state index is 0.134. The van der Waals surface area contributed by atoms with Gasteiger partial charge in [0.2, 0.25) is 0 Å². The van der Waals surface area contributed by atoms with Crippen LogP contribution in [0.4, 0.5) is 0 Å². The van der Waals surface area contributed by atoms with E-state index in [9.17, 15) is 9.90 Å². The molecule has 0 atom stereocenters. The predicted molar refractivity (Wildman–Crippen MR) is 100 cm³/mol. The maximum atomic E-state index is 12.1. The van der Waals surface area contributed by atoms with Crippen molar-refractivity contribution in [3.05, 3.63) is 63.9 Å². The summed E-state index contributed by atoms with van der Waals surface area (Å²) in [6.45, 7) is 3.28. The number of likely N-dealkylation sites (tertiary alicyclic amines) is 1. The number of benzene rings is 1. The molecule has 25 heavy (non-hydrogen) atoms. The average Bonchev–Trinajstić information content (AvgIpc) is 2.63. The Morgan fingerprint density at radius 1 is 1.20 bits per heavy atom. The van der Waals surface area contributed by atoms with Crippen LogP contribution < -0.4 is 5.32 Å². The van der Waals surface area contributed by atoms with Crippen molar-refractivity contribution in [2.45, 2.75) is 32.0 Å². The highest BCUT2D eigenvalue weighted by molar-refractivity contribution is 9.10. The van der Waals surface area contributed by atoms with Crippen LogP contribution in [0.15, 0.2) is 47.2 Å². The fraction of sp³-hybridized carbons (Fsp3) is 0.368. The number of nitrogens with zero attached hydrogens (tertiary/aromatic N) is 2. The first kappa shape index (κ1) is 18.0. The molecular formula is C19H22BrN3O2. The van der Waals surface area contributed by atoms with Gasteiger partial charge in [-0.05, 0) is 46.0 Å². The molecule has 1 aliphatic heterocycles. The van der Waals surface area contributed by atoms with Gasteiger partial charge in [-0.1, -0.05) is 24.3 Å². The number of pyridine rings is 1. The van der Waals surface area contributed by atoms with E-state index in [1.165, 1.54) is 5.56 Å². The molecule has 5 nitrogen and oxygen atoms in total. The van der Waals surface area contributed by atoms with Gasteiger partial charge < -0.3 is 10.4 Å². The number of halogens is 1. The number of hydrogen-bond acceptors (Lipinski definition) is 4. The third-order valence-corrected chi connectivity index (χ3v) is 4.84. The Morgan fingerprint density at radius 3 is 2.56 bits per heavy atom. The summed E-state index contributed by atoms with van der Waals surface area (Å²) >= 11 is 3.32. The quantitative estimate of drug-likeness (QED) is 0.805. The topological polar surface area (TPSA) is 65.5 Å². The fourth-order valence-electron chi connectivity index (χ4n) is 2.92. The zero-order valence-electron chi connectivity index (χ0n) is 14.0. The molecule has 0 saturated carbocycles. The Hall–Kier alpha value is -1.76. The number of amides is 1. The average molecular weight is 404 g/mol. The summed E-state index contributed by atoms with van der Waals surface area (Å²) in [5, 5.41) is 12.5. The van der Waals surface area contributed by atoms with E-state index in [0.717, 1.165) is 42.5 Å². The smallest absolute Gasteiger partial charge is 0.253 e. The van der Waals surface area contributed by atoms with E-state index in [4.69, 9.17) is 0 Å². The van der Waals surface area contributed by atoms with E-state index >= 15 is 0 Å². The van der Waals surface area contributed by atoms with Gasteiger partial charge in [-0.25, -0.2) is 0 Å². The third kappa shape index (κ3) is 5.36. The monoisotopic (exact) mass is 403 g/mol. The zero-order chi connectivity index (χ0) is 17.6. The number of carbonyl (C=O) groups is 1. The summed E-state index contributed by atoms with van der Waals surface area (Å²) in [7, 11) is 0. The largest absolute Gasteiger partial charge is 0.393 e. The maximum Gasteiger partial charge on any atom is 0.253 e. The summed E-state index contributed by atoms with van der Waals surface area (Å²) in [4.78, 5) is 18.5. The van der Waals surface area contributed by atoms with Crippen molar-refractivity contribution in [3.8, 4) is 0 Å². The molecule has 1 aliphatic rings. The second kappa shape index (κ2) is 8.56. The van der Waals surface area contributed by atoms with Crippen LogP contribution in [0, 0.1) is 0 Å². The van der Waals surface area contributed by atoms with E-state index in [1.807, 2.05) is 12.1 Å². The Bertz CT molecular complexity index is 713. The lowest BCUT2D eigenvalue weighted by Gasteiger charge is -2.29. The second-order valence-corrected chi connectivity index (χ2v) is 7.31. The molecular weight excluding hydrogens is 382 g/mol. The van der Waals surface area contributed by atoms with E-state index in [-0.39, 0.29) is 12.0 Å². The Labute approximate surface area is 156 Å². The molecule has 0 spiro atoms. The normalized spacial score (nSPS) is 15.9. The number of aliphatic hydroxyl groups excluding tert-OH is 1. The minimum Gasteiger partial charge on any atom is -0.393 e. The zero-order valence-corrected chi connectivity index (χ0v) is 15.6. The first-order valence-electron chi connectivity index (χ1n) is 8.47. The molecule has 2 N–H and O–H groups in total. The minimum atomic E-state index is -0.136. The van der Waals surface area contributed by atoms with Crippen LogP contribution in [0.2, 0.25) is 0 Å². The molecule has 1 aromatic heterocycles. The second-order valence-electron chi connectivity index (χ2n) is 6.40. The van der Waals surface area contributed by atoms with Crippen molar-refractivity contribution in [2.75, 3.05) is 13.1 Å². The molecule has 0 unspecified atom stereocenters. The number of nitrogens with one attached hydrogen (secondary N) is 1. The summed E-state index contributed by atoms with van der Waals surface area (Å²) < 4.78 is 0.787. The molecule has 1 saturated heterocycles. The predicted octanol–water partition coefficient (Wildman–Crippen LogP) is 2.73. The van der Waals surface area contributed by atoms with Gasteiger partial charge in [-0.3, -0.25) is 14.7 Å². The lowest BCUT2D eigenvalue weighted by atomic mass is 10.1. The summed E-state index contributed by atoms with van der Waals surface area (Å²) in [5.74, 6) is -0.134. The standard InChI is InChI=1S/C19H22BrN3O2/c20-17-9-16(11-21-12-17)19(25)22-10-14-1-3-15(4-2-14)13-23-7-5-18(24)6-8-23/h1-4,9,11-12,18,24H,5-8,10,13H2,(H,22,25). The molecule has 3 rings (SSSR count). The van der Waals surface area contributed by atoms with Crippen LogP contribution in [0.5, 0.6) is 0 Å². The molecule has 1 aromatic carbocycles. The maximum absolute atomic E-state index is 12.1. The summed E-state index contributed by atoms with van der Waals surface area (Å²) in [5.41, 5.74) is 2.86. The van der Waals surface area contributed by atoms with E-state index in [2.05, 4.69) is 43.3 Å². The van der Waals surface area contributed by atoms with Gasteiger partial charge in [-0.15, -0.1) is 0 Å². The first-order chi connectivity index (χ1) is 12.1. The molecule has 0 radical (unpaired) electrons. The van der Waals surface area contributed by atoms with E-state index < -0.39 is 0 Å².